The summed E-state index contributed by atoms with van der Waals surface area (Å²) >= 11 is 6.08. The van der Waals surface area contributed by atoms with Gasteiger partial charge in [-0.05, 0) is 55.7 Å². The fourth-order valence-electron chi connectivity index (χ4n) is 3.80. The van der Waals surface area contributed by atoms with Crippen LogP contribution in [0.3, 0.4) is 0 Å². The summed E-state index contributed by atoms with van der Waals surface area (Å²) in [6, 6.07) is 11.9. The molecule has 0 saturated heterocycles. The van der Waals surface area contributed by atoms with Crippen molar-refractivity contribution in [1.29, 1.82) is 0 Å². The number of carbonyl (C=O) groups excluding carboxylic acids is 1. The summed E-state index contributed by atoms with van der Waals surface area (Å²) in [4.78, 5) is 19.2. The van der Waals surface area contributed by atoms with Gasteiger partial charge >= 0.3 is 0 Å². The summed E-state index contributed by atoms with van der Waals surface area (Å²) in [5, 5.41) is 0.401. The van der Waals surface area contributed by atoms with Gasteiger partial charge in [-0.3, -0.25) is 4.79 Å². The standard InChI is InChI=1S/C25H29ClFN3O3S/c1-17(2)14-29(24(31)20-6-5-7-21(26)12-20)15-23-13-28-25(30(23)18(3)4)34(32,33)16-19-8-10-22(27)11-9-19/h5-13,17-18H,14-16H2,1-4H3. The molecule has 0 atom stereocenters. The molecule has 9 heteroatoms. The van der Waals surface area contributed by atoms with Gasteiger partial charge in [0.2, 0.25) is 15.0 Å². The van der Waals surface area contributed by atoms with Crippen LogP contribution in [0.1, 0.15) is 55.4 Å². The fourth-order valence-corrected chi connectivity index (χ4v) is 5.59. The van der Waals surface area contributed by atoms with Crippen molar-refractivity contribution in [3.8, 4) is 0 Å². The first kappa shape index (κ1) is 25.9. The average molecular weight is 506 g/mol. The number of hydrogen-bond donors (Lipinski definition) is 0. The first-order valence-electron chi connectivity index (χ1n) is 11.1. The average Bonchev–Trinajstić information content (AvgIpc) is 3.19. The Labute approximate surface area is 205 Å². The number of nitrogens with zero attached hydrogens (tertiary/aromatic N) is 3. The normalized spacial score (nSPS) is 11.9. The summed E-state index contributed by atoms with van der Waals surface area (Å²) in [5.74, 6) is -0.724. The van der Waals surface area contributed by atoms with Crippen molar-refractivity contribution in [3.63, 3.8) is 0 Å². The highest BCUT2D eigenvalue weighted by Crippen LogP contribution is 2.24. The van der Waals surface area contributed by atoms with Crippen LogP contribution in [0, 0.1) is 11.7 Å². The van der Waals surface area contributed by atoms with Crippen LogP contribution in [0.4, 0.5) is 4.39 Å². The lowest BCUT2D eigenvalue weighted by Gasteiger charge is -2.26. The third-order valence-electron chi connectivity index (χ3n) is 5.20. The van der Waals surface area contributed by atoms with Gasteiger partial charge in [0.25, 0.3) is 5.91 Å². The third kappa shape index (κ3) is 6.24. The molecule has 0 N–H and O–H groups in total. The van der Waals surface area contributed by atoms with Gasteiger partial charge in [-0.1, -0.05) is 43.6 Å². The maximum absolute atomic E-state index is 13.3. The lowest BCUT2D eigenvalue weighted by atomic mass is 10.1. The molecule has 0 radical (unpaired) electrons. The second-order valence-electron chi connectivity index (χ2n) is 8.97. The second kappa shape index (κ2) is 10.7. The molecule has 1 heterocycles. The van der Waals surface area contributed by atoms with Crippen LogP contribution in [0.5, 0.6) is 0 Å². The van der Waals surface area contributed by atoms with Gasteiger partial charge in [-0.2, -0.15) is 0 Å². The molecule has 182 valence electrons. The number of hydrogen-bond acceptors (Lipinski definition) is 4. The zero-order valence-electron chi connectivity index (χ0n) is 19.7. The number of rotatable bonds is 9. The van der Waals surface area contributed by atoms with Crippen LogP contribution in [0.15, 0.2) is 59.9 Å². The summed E-state index contributed by atoms with van der Waals surface area (Å²) in [5.41, 5.74) is 1.55. The Morgan fingerprint density at radius 1 is 1.12 bits per heavy atom. The fraction of sp³-hybridized carbons (Fsp3) is 0.360. The Balaban J connectivity index is 1.95. The molecule has 6 nitrogen and oxygen atoms in total. The lowest BCUT2D eigenvalue weighted by Crippen LogP contribution is -2.34. The molecule has 1 amide bonds. The number of sulfone groups is 1. The van der Waals surface area contributed by atoms with E-state index in [-0.39, 0.29) is 35.3 Å². The zero-order valence-corrected chi connectivity index (χ0v) is 21.3. The number of amides is 1. The highest BCUT2D eigenvalue weighted by atomic mass is 35.5. The van der Waals surface area contributed by atoms with Gasteiger partial charge in [-0.25, -0.2) is 17.8 Å². The van der Waals surface area contributed by atoms with Crippen molar-refractivity contribution in [2.75, 3.05) is 6.54 Å². The van der Waals surface area contributed by atoms with Gasteiger partial charge in [-0.15, -0.1) is 0 Å². The van der Waals surface area contributed by atoms with E-state index in [4.69, 9.17) is 11.6 Å². The van der Waals surface area contributed by atoms with Crippen molar-refractivity contribution in [2.24, 2.45) is 5.92 Å². The maximum atomic E-state index is 13.3. The smallest absolute Gasteiger partial charge is 0.254 e. The molecule has 3 aromatic rings. The van der Waals surface area contributed by atoms with Crippen LogP contribution in [0.25, 0.3) is 0 Å². The van der Waals surface area contributed by atoms with E-state index in [1.54, 1.807) is 33.7 Å². The van der Waals surface area contributed by atoms with E-state index in [1.807, 2.05) is 27.7 Å². The van der Waals surface area contributed by atoms with Crippen LogP contribution in [-0.4, -0.2) is 35.3 Å². The molecule has 0 spiro atoms. The molecular weight excluding hydrogens is 477 g/mol. The Morgan fingerprint density at radius 2 is 1.79 bits per heavy atom. The van der Waals surface area contributed by atoms with Gasteiger partial charge in [0, 0.05) is 23.2 Å². The molecule has 0 bridgehead atoms. The number of carbonyl (C=O) groups is 1. The summed E-state index contributed by atoms with van der Waals surface area (Å²) in [6.45, 7) is 8.43. The molecule has 1 aromatic heterocycles. The van der Waals surface area contributed by atoms with E-state index in [2.05, 4.69) is 4.98 Å². The van der Waals surface area contributed by atoms with E-state index in [9.17, 15) is 17.6 Å². The molecule has 0 fully saturated rings. The van der Waals surface area contributed by atoms with Crippen LogP contribution in [0.2, 0.25) is 5.02 Å². The topological polar surface area (TPSA) is 72.3 Å². The lowest BCUT2D eigenvalue weighted by molar-refractivity contribution is 0.0717. The maximum Gasteiger partial charge on any atom is 0.254 e. The Kier molecular flexibility index (Phi) is 8.15. The Bertz CT molecular complexity index is 1250. The van der Waals surface area contributed by atoms with Crippen molar-refractivity contribution < 1.29 is 17.6 Å². The molecule has 2 aromatic carbocycles. The van der Waals surface area contributed by atoms with E-state index in [1.165, 1.54) is 30.5 Å². The van der Waals surface area contributed by atoms with Crippen LogP contribution >= 0.6 is 11.6 Å². The summed E-state index contributed by atoms with van der Waals surface area (Å²) < 4.78 is 41.3. The first-order chi connectivity index (χ1) is 16.0. The predicted molar refractivity (Wildman–Crippen MR) is 131 cm³/mol. The van der Waals surface area contributed by atoms with Crippen molar-refractivity contribution in [3.05, 3.63) is 82.4 Å². The number of aromatic nitrogens is 2. The van der Waals surface area contributed by atoms with Crippen molar-refractivity contribution >= 4 is 27.3 Å². The van der Waals surface area contributed by atoms with E-state index in [0.717, 1.165) is 0 Å². The monoisotopic (exact) mass is 505 g/mol. The number of halogens is 2. The van der Waals surface area contributed by atoms with E-state index >= 15 is 0 Å². The minimum Gasteiger partial charge on any atom is -0.333 e. The molecule has 0 aliphatic heterocycles. The second-order valence-corrected chi connectivity index (χ2v) is 11.3. The largest absolute Gasteiger partial charge is 0.333 e. The molecule has 0 saturated carbocycles. The zero-order chi connectivity index (χ0) is 25.0. The van der Waals surface area contributed by atoms with Gasteiger partial charge in [0.1, 0.15) is 5.82 Å². The summed E-state index contributed by atoms with van der Waals surface area (Å²) in [6.07, 6.45) is 1.51. The van der Waals surface area contributed by atoms with Crippen molar-refractivity contribution in [1.82, 2.24) is 14.5 Å². The van der Waals surface area contributed by atoms with Gasteiger partial charge in [0.05, 0.1) is 24.2 Å². The SMILES string of the molecule is CC(C)CN(Cc1cnc(S(=O)(=O)Cc2ccc(F)cc2)n1C(C)C)C(=O)c1cccc(Cl)c1. The van der Waals surface area contributed by atoms with Crippen LogP contribution in [-0.2, 0) is 22.1 Å². The Hall–Kier alpha value is -2.71. The third-order valence-corrected chi connectivity index (χ3v) is 7.01. The minimum absolute atomic E-state index is 0.0680. The predicted octanol–water partition coefficient (Wildman–Crippen LogP) is 5.53. The van der Waals surface area contributed by atoms with Crippen molar-refractivity contribution in [2.45, 2.75) is 51.2 Å². The first-order valence-corrected chi connectivity index (χ1v) is 13.1. The van der Waals surface area contributed by atoms with Crippen LogP contribution < -0.4 is 0 Å². The van der Waals surface area contributed by atoms with E-state index < -0.39 is 15.7 Å². The molecular formula is C25H29ClFN3O3S. The number of imidazole rings is 1. The van der Waals surface area contributed by atoms with Gasteiger partial charge in [0.15, 0.2) is 0 Å². The molecule has 0 aliphatic rings. The Morgan fingerprint density at radius 3 is 2.38 bits per heavy atom. The van der Waals surface area contributed by atoms with Gasteiger partial charge < -0.3 is 9.47 Å². The molecule has 3 rings (SSSR count). The quantitative estimate of drug-likeness (QED) is 0.383. The molecule has 0 aliphatic carbocycles. The molecule has 34 heavy (non-hydrogen) atoms. The summed E-state index contributed by atoms with van der Waals surface area (Å²) in [7, 11) is -3.81. The highest BCUT2D eigenvalue weighted by molar-refractivity contribution is 7.90. The minimum atomic E-state index is -3.81. The molecule has 0 unspecified atom stereocenters. The number of benzene rings is 2. The highest BCUT2D eigenvalue weighted by Gasteiger charge is 2.27. The van der Waals surface area contributed by atoms with E-state index in [0.29, 0.717) is 28.4 Å².